The van der Waals surface area contributed by atoms with Crippen molar-refractivity contribution in [1.82, 2.24) is 24.2 Å². The minimum absolute atomic E-state index is 0.347. The molecule has 0 spiro atoms. The zero-order valence-corrected chi connectivity index (χ0v) is 20.8. The second-order valence-corrected chi connectivity index (χ2v) is 9.60. The SMILES string of the molecule is COc1ccc(-c2nn(CN3CCCC3c3cccnc3)c(=S)n2C2CCCCC2)cc1OC. The van der Waals surface area contributed by atoms with E-state index in [0.29, 0.717) is 30.3 Å². The smallest absolute Gasteiger partial charge is 0.199 e. The Labute approximate surface area is 206 Å². The Hall–Kier alpha value is -2.71. The second-order valence-electron chi connectivity index (χ2n) is 9.24. The molecule has 0 amide bonds. The summed E-state index contributed by atoms with van der Waals surface area (Å²) in [7, 11) is 3.32. The molecule has 3 heterocycles. The molecule has 5 rings (SSSR count). The summed E-state index contributed by atoms with van der Waals surface area (Å²) in [6, 6.07) is 10.9. The number of methoxy groups -OCH3 is 2. The lowest BCUT2D eigenvalue weighted by Crippen LogP contribution is -2.27. The molecule has 7 nitrogen and oxygen atoms in total. The van der Waals surface area contributed by atoms with Crippen LogP contribution < -0.4 is 9.47 Å². The van der Waals surface area contributed by atoms with E-state index in [-0.39, 0.29) is 0 Å². The van der Waals surface area contributed by atoms with Gasteiger partial charge in [0.05, 0.1) is 20.9 Å². The molecule has 180 valence electrons. The van der Waals surface area contributed by atoms with Crippen LogP contribution in [0.5, 0.6) is 11.5 Å². The van der Waals surface area contributed by atoms with Crippen LogP contribution in [0, 0.1) is 4.77 Å². The highest BCUT2D eigenvalue weighted by Crippen LogP contribution is 2.37. The van der Waals surface area contributed by atoms with Gasteiger partial charge in [0.25, 0.3) is 0 Å². The Kier molecular flexibility index (Phi) is 6.97. The van der Waals surface area contributed by atoms with Crippen molar-refractivity contribution >= 4 is 12.2 Å². The Balaban J connectivity index is 1.53. The fourth-order valence-electron chi connectivity index (χ4n) is 5.47. The summed E-state index contributed by atoms with van der Waals surface area (Å²) in [4.78, 5) is 6.82. The van der Waals surface area contributed by atoms with Crippen molar-refractivity contribution < 1.29 is 9.47 Å². The molecule has 1 atom stereocenters. The topological polar surface area (TPSA) is 57.3 Å². The Bertz CT molecular complexity index is 1170. The van der Waals surface area contributed by atoms with Crippen LogP contribution in [-0.4, -0.2) is 45.0 Å². The molecule has 1 aliphatic heterocycles. The number of nitrogens with zero attached hydrogens (tertiary/aromatic N) is 5. The second kappa shape index (κ2) is 10.3. The number of likely N-dealkylation sites (tertiary alicyclic amines) is 1. The molecule has 0 radical (unpaired) electrons. The number of benzene rings is 1. The highest BCUT2D eigenvalue weighted by molar-refractivity contribution is 7.71. The third-order valence-electron chi connectivity index (χ3n) is 7.20. The van der Waals surface area contributed by atoms with Gasteiger partial charge in [-0.25, -0.2) is 4.68 Å². The van der Waals surface area contributed by atoms with Crippen LogP contribution in [0.1, 0.15) is 62.6 Å². The van der Waals surface area contributed by atoms with Crippen molar-refractivity contribution in [2.24, 2.45) is 0 Å². The quantitative estimate of drug-likeness (QED) is 0.400. The molecule has 0 bridgehead atoms. The Morgan fingerprint density at radius 3 is 2.56 bits per heavy atom. The van der Waals surface area contributed by atoms with Crippen LogP contribution in [-0.2, 0) is 6.67 Å². The standard InChI is InChI=1S/C26H33N5O2S/c1-32-23-13-12-19(16-24(23)33-2)25-28-30(26(34)31(25)21-9-4-3-5-10-21)18-29-15-7-11-22(29)20-8-6-14-27-17-20/h6,8,12-14,16-17,21-22H,3-5,7,9-11,15,18H2,1-2H3. The van der Waals surface area contributed by atoms with Crippen LogP contribution in [0.25, 0.3) is 11.4 Å². The van der Waals surface area contributed by atoms with E-state index in [0.717, 1.165) is 42.0 Å². The lowest BCUT2D eigenvalue weighted by molar-refractivity contribution is 0.189. The third-order valence-corrected chi connectivity index (χ3v) is 7.61. The number of hydrogen-bond acceptors (Lipinski definition) is 6. The molecule has 34 heavy (non-hydrogen) atoms. The number of hydrogen-bond donors (Lipinski definition) is 0. The predicted octanol–water partition coefficient (Wildman–Crippen LogP) is 5.79. The molecule has 8 heteroatoms. The fraction of sp³-hybridized carbons (Fsp3) is 0.500. The van der Waals surface area contributed by atoms with Gasteiger partial charge in [0.15, 0.2) is 22.1 Å². The summed E-state index contributed by atoms with van der Waals surface area (Å²) < 4.78 is 16.2. The van der Waals surface area contributed by atoms with E-state index in [1.54, 1.807) is 14.2 Å². The van der Waals surface area contributed by atoms with Crippen molar-refractivity contribution in [1.29, 1.82) is 0 Å². The number of rotatable bonds is 7. The van der Waals surface area contributed by atoms with Crippen LogP contribution in [0.4, 0.5) is 0 Å². The molecule has 2 aliphatic rings. The average Bonchev–Trinajstić information content (AvgIpc) is 3.49. The lowest BCUT2D eigenvalue weighted by Gasteiger charge is -2.25. The highest BCUT2D eigenvalue weighted by Gasteiger charge is 2.29. The number of ether oxygens (including phenoxy) is 2. The van der Waals surface area contributed by atoms with Gasteiger partial charge in [-0.2, -0.15) is 5.10 Å². The summed E-state index contributed by atoms with van der Waals surface area (Å²) >= 11 is 6.06. The molecule has 3 aromatic rings. The van der Waals surface area contributed by atoms with Crippen molar-refractivity contribution in [2.45, 2.75) is 63.7 Å². The highest BCUT2D eigenvalue weighted by atomic mass is 32.1. The van der Waals surface area contributed by atoms with Gasteiger partial charge in [-0.3, -0.25) is 14.5 Å². The average molecular weight is 480 g/mol. The molecule has 1 saturated carbocycles. The van der Waals surface area contributed by atoms with Crippen molar-refractivity contribution in [3.05, 3.63) is 53.1 Å². The molecule has 1 saturated heterocycles. The summed E-state index contributed by atoms with van der Waals surface area (Å²) in [5.41, 5.74) is 2.26. The summed E-state index contributed by atoms with van der Waals surface area (Å²) in [5.74, 6) is 2.33. The minimum atomic E-state index is 0.347. The van der Waals surface area contributed by atoms with Crippen LogP contribution in [0.15, 0.2) is 42.7 Å². The van der Waals surface area contributed by atoms with Crippen molar-refractivity contribution in [2.75, 3.05) is 20.8 Å². The maximum atomic E-state index is 6.06. The normalized spacial score (nSPS) is 19.4. The van der Waals surface area contributed by atoms with E-state index in [4.69, 9.17) is 26.8 Å². The first-order valence-electron chi connectivity index (χ1n) is 12.3. The molecule has 1 aliphatic carbocycles. The van der Waals surface area contributed by atoms with E-state index in [1.165, 1.54) is 31.2 Å². The predicted molar refractivity (Wildman–Crippen MR) is 135 cm³/mol. The van der Waals surface area contributed by atoms with E-state index in [1.807, 2.05) is 35.3 Å². The maximum absolute atomic E-state index is 6.06. The Morgan fingerprint density at radius 1 is 1.00 bits per heavy atom. The molecule has 0 N–H and O–H groups in total. The molecular weight excluding hydrogens is 446 g/mol. The maximum Gasteiger partial charge on any atom is 0.199 e. The van der Waals surface area contributed by atoms with Gasteiger partial charge in [0, 0.05) is 36.6 Å². The number of aromatic nitrogens is 4. The molecule has 1 aromatic carbocycles. The van der Waals surface area contributed by atoms with Gasteiger partial charge in [0.2, 0.25) is 0 Å². The van der Waals surface area contributed by atoms with Crippen molar-refractivity contribution in [3.63, 3.8) is 0 Å². The van der Waals surface area contributed by atoms with Gasteiger partial charge in [0.1, 0.15) is 0 Å². The zero-order valence-electron chi connectivity index (χ0n) is 20.0. The van der Waals surface area contributed by atoms with E-state index >= 15 is 0 Å². The first-order chi connectivity index (χ1) is 16.7. The Morgan fingerprint density at radius 2 is 1.82 bits per heavy atom. The lowest BCUT2D eigenvalue weighted by atomic mass is 9.95. The van der Waals surface area contributed by atoms with E-state index < -0.39 is 0 Å². The van der Waals surface area contributed by atoms with Crippen LogP contribution in [0.3, 0.4) is 0 Å². The van der Waals surface area contributed by atoms with E-state index in [9.17, 15) is 0 Å². The van der Waals surface area contributed by atoms with E-state index in [2.05, 4.69) is 26.6 Å². The monoisotopic (exact) mass is 479 g/mol. The largest absolute Gasteiger partial charge is 0.493 e. The molecule has 2 aromatic heterocycles. The van der Waals surface area contributed by atoms with Gasteiger partial charge >= 0.3 is 0 Å². The number of pyridine rings is 1. The third kappa shape index (κ3) is 4.49. The summed E-state index contributed by atoms with van der Waals surface area (Å²) in [6.45, 7) is 1.71. The van der Waals surface area contributed by atoms with Gasteiger partial charge < -0.3 is 9.47 Å². The van der Waals surface area contributed by atoms with Crippen molar-refractivity contribution in [3.8, 4) is 22.9 Å². The van der Waals surface area contributed by atoms with Crippen LogP contribution >= 0.6 is 12.2 Å². The first-order valence-corrected chi connectivity index (χ1v) is 12.7. The summed E-state index contributed by atoms with van der Waals surface area (Å²) in [5, 5.41) is 5.10. The summed E-state index contributed by atoms with van der Waals surface area (Å²) in [6.07, 6.45) is 12.2. The van der Waals surface area contributed by atoms with Gasteiger partial charge in [-0.1, -0.05) is 25.3 Å². The minimum Gasteiger partial charge on any atom is -0.493 e. The van der Waals surface area contributed by atoms with Gasteiger partial charge in [-0.05, 0) is 67.7 Å². The zero-order chi connectivity index (χ0) is 23.5. The van der Waals surface area contributed by atoms with Crippen LogP contribution in [0.2, 0.25) is 0 Å². The van der Waals surface area contributed by atoms with Gasteiger partial charge in [-0.15, -0.1) is 0 Å². The first kappa shape index (κ1) is 23.1. The molecule has 2 fully saturated rings. The molecular formula is C26H33N5O2S. The fourth-order valence-corrected chi connectivity index (χ4v) is 5.80. The molecule has 1 unspecified atom stereocenters.